The van der Waals surface area contributed by atoms with E-state index >= 15 is 0 Å². The second-order valence-electron chi connectivity index (χ2n) is 3.44. The molecule has 0 aliphatic heterocycles. The van der Waals surface area contributed by atoms with Crippen molar-refractivity contribution in [3.63, 3.8) is 0 Å². The van der Waals surface area contributed by atoms with Crippen molar-refractivity contribution in [3.8, 4) is 0 Å². The van der Waals surface area contributed by atoms with Crippen molar-refractivity contribution in [2.75, 3.05) is 14.2 Å². The van der Waals surface area contributed by atoms with Crippen LogP contribution in [0.4, 0.5) is 0 Å². The average molecular weight is 224 g/mol. The minimum absolute atomic E-state index is 0.209. The van der Waals surface area contributed by atoms with Crippen molar-refractivity contribution in [3.05, 3.63) is 35.4 Å². The van der Waals surface area contributed by atoms with Gasteiger partial charge >= 0.3 is 5.97 Å². The van der Waals surface area contributed by atoms with Gasteiger partial charge in [0.1, 0.15) is 0 Å². The lowest BCUT2D eigenvalue weighted by Crippen LogP contribution is -2.13. The Labute approximate surface area is 94.8 Å². The molecule has 1 aromatic rings. The van der Waals surface area contributed by atoms with Crippen LogP contribution in [0.3, 0.4) is 0 Å². The molecular weight excluding hydrogens is 208 g/mol. The first kappa shape index (κ1) is 12.7. The first-order chi connectivity index (χ1) is 7.67. The zero-order valence-electron chi connectivity index (χ0n) is 9.47. The van der Waals surface area contributed by atoms with Gasteiger partial charge in [0.2, 0.25) is 0 Å². The summed E-state index contributed by atoms with van der Waals surface area (Å²) in [6.45, 7) is 0. The summed E-state index contributed by atoms with van der Waals surface area (Å²) >= 11 is 0. The molecule has 1 N–H and O–H groups in total. The van der Waals surface area contributed by atoms with Gasteiger partial charge in [0.05, 0.1) is 5.56 Å². The van der Waals surface area contributed by atoms with Gasteiger partial charge in [-0.1, -0.05) is 12.1 Å². The first-order valence-electron chi connectivity index (χ1n) is 5.05. The Hall–Kier alpha value is -1.39. The summed E-state index contributed by atoms with van der Waals surface area (Å²) < 4.78 is 10.1. The van der Waals surface area contributed by atoms with Crippen molar-refractivity contribution in [2.45, 2.75) is 19.1 Å². The monoisotopic (exact) mass is 224 g/mol. The lowest BCUT2D eigenvalue weighted by molar-refractivity contribution is -0.105. The molecule has 0 saturated carbocycles. The van der Waals surface area contributed by atoms with E-state index in [1.807, 2.05) is 12.1 Å². The van der Waals surface area contributed by atoms with Gasteiger partial charge in [-0.15, -0.1) is 0 Å². The van der Waals surface area contributed by atoms with E-state index in [1.165, 1.54) is 0 Å². The fourth-order valence-electron chi connectivity index (χ4n) is 1.43. The summed E-state index contributed by atoms with van der Waals surface area (Å²) in [7, 11) is 3.20. The Kier molecular flexibility index (Phi) is 4.95. The van der Waals surface area contributed by atoms with Crippen LogP contribution in [0, 0.1) is 0 Å². The minimum atomic E-state index is -0.904. The van der Waals surface area contributed by atoms with Gasteiger partial charge < -0.3 is 14.6 Å². The number of aromatic carboxylic acids is 1. The normalized spacial score (nSPS) is 10.7. The molecular formula is C12H16O4. The molecule has 4 heteroatoms. The highest BCUT2D eigenvalue weighted by molar-refractivity contribution is 5.87. The summed E-state index contributed by atoms with van der Waals surface area (Å²) in [4.78, 5) is 10.6. The number of benzene rings is 1. The average Bonchev–Trinajstić information content (AvgIpc) is 2.31. The van der Waals surface area contributed by atoms with Crippen molar-refractivity contribution < 1.29 is 19.4 Å². The maximum Gasteiger partial charge on any atom is 0.335 e. The SMILES string of the molecule is COC(CCc1ccc(C(=O)O)cc1)OC. The fourth-order valence-corrected chi connectivity index (χ4v) is 1.43. The molecule has 0 saturated heterocycles. The van der Waals surface area contributed by atoms with E-state index < -0.39 is 5.97 Å². The Morgan fingerprint density at radius 3 is 2.25 bits per heavy atom. The number of methoxy groups -OCH3 is 2. The van der Waals surface area contributed by atoms with Gasteiger partial charge in [0.15, 0.2) is 6.29 Å². The minimum Gasteiger partial charge on any atom is -0.478 e. The molecule has 4 nitrogen and oxygen atoms in total. The van der Waals surface area contributed by atoms with Crippen molar-refractivity contribution in [2.24, 2.45) is 0 Å². The van der Waals surface area contributed by atoms with Crippen molar-refractivity contribution in [1.29, 1.82) is 0 Å². The molecule has 0 aliphatic carbocycles. The van der Waals surface area contributed by atoms with Gasteiger partial charge in [-0.05, 0) is 24.1 Å². The number of aryl methyl sites for hydroxylation is 1. The van der Waals surface area contributed by atoms with Crippen LogP contribution in [0.15, 0.2) is 24.3 Å². The van der Waals surface area contributed by atoms with E-state index in [0.29, 0.717) is 5.56 Å². The van der Waals surface area contributed by atoms with Crippen LogP contribution in [-0.4, -0.2) is 31.6 Å². The molecule has 0 fully saturated rings. The molecule has 0 spiro atoms. The predicted octanol–water partition coefficient (Wildman–Crippen LogP) is 1.94. The molecule has 0 heterocycles. The highest BCUT2D eigenvalue weighted by atomic mass is 16.7. The van der Waals surface area contributed by atoms with Crippen LogP contribution in [0.1, 0.15) is 22.3 Å². The molecule has 0 amide bonds. The van der Waals surface area contributed by atoms with E-state index in [9.17, 15) is 4.79 Å². The predicted molar refractivity (Wildman–Crippen MR) is 59.5 cm³/mol. The van der Waals surface area contributed by atoms with Gasteiger partial charge in [0.25, 0.3) is 0 Å². The molecule has 88 valence electrons. The lowest BCUT2D eigenvalue weighted by atomic mass is 10.1. The third-order valence-corrected chi connectivity index (χ3v) is 2.40. The number of hydrogen-bond donors (Lipinski definition) is 1. The molecule has 0 radical (unpaired) electrons. The van der Waals surface area contributed by atoms with Gasteiger partial charge in [-0.2, -0.15) is 0 Å². The highest BCUT2D eigenvalue weighted by Crippen LogP contribution is 2.09. The number of carboxylic acid groups (broad SMARTS) is 1. The topological polar surface area (TPSA) is 55.8 Å². The quantitative estimate of drug-likeness (QED) is 0.750. The van der Waals surface area contributed by atoms with Crippen LogP contribution in [0.25, 0.3) is 0 Å². The van der Waals surface area contributed by atoms with Crippen molar-refractivity contribution >= 4 is 5.97 Å². The van der Waals surface area contributed by atoms with Crippen LogP contribution >= 0.6 is 0 Å². The molecule has 16 heavy (non-hydrogen) atoms. The molecule has 0 aliphatic rings. The van der Waals surface area contributed by atoms with Crippen LogP contribution in [-0.2, 0) is 15.9 Å². The fraction of sp³-hybridized carbons (Fsp3) is 0.417. The number of carboxylic acids is 1. The molecule has 0 aromatic heterocycles. The maximum atomic E-state index is 10.6. The maximum absolute atomic E-state index is 10.6. The van der Waals surface area contributed by atoms with Crippen LogP contribution < -0.4 is 0 Å². The van der Waals surface area contributed by atoms with E-state index in [2.05, 4.69) is 0 Å². The zero-order valence-corrected chi connectivity index (χ0v) is 9.47. The second kappa shape index (κ2) is 6.25. The molecule has 0 bridgehead atoms. The van der Waals surface area contributed by atoms with Crippen molar-refractivity contribution in [1.82, 2.24) is 0 Å². The Balaban J connectivity index is 2.52. The smallest absolute Gasteiger partial charge is 0.335 e. The number of ether oxygens (including phenoxy) is 2. The Morgan fingerprint density at radius 1 is 1.25 bits per heavy atom. The summed E-state index contributed by atoms with van der Waals surface area (Å²) in [5, 5.41) is 8.73. The Bertz CT molecular complexity index is 327. The molecule has 0 atom stereocenters. The Morgan fingerprint density at radius 2 is 1.81 bits per heavy atom. The second-order valence-corrected chi connectivity index (χ2v) is 3.44. The van der Waals surface area contributed by atoms with Gasteiger partial charge in [0, 0.05) is 20.6 Å². The van der Waals surface area contributed by atoms with Gasteiger partial charge in [-0.3, -0.25) is 0 Å². The largest absolute Gasteiger partial charge is 0.478 e. The van der Waals surface area contributed by atoms with Crippen LogP contribution in [0.2, 0.25) is 0 Å². The van der Waals surface area contributed by atoms with Crippen LogP contribution in [0.5, 0.6) is 0 Å². The molecule has 1 rings (SSSR count). The van der Waals surface area contributed by atoms with E-state index in [4.69, 9.17) is 14.6 Å². The molecule has 0 unspecified atom stereocenters. The number of rotatable bonds is 6. The standard InChI is InChI=1S/C12H16O4/c1-15-11(16-2)8-5-9-3-6-10(7-4-9)12(13)14/h3-4,6-7,11H,5,8H2,1-2H3,(H,13,14). The summed E-state index contributed by atoms with van der Waals surface area (Å²) in [6.07, 6.45) is 1.34. The van der Waals surface area contributed by atoms with E-state index in [-0.39, 0.29) is 6.29 Å². The van der Waals surface area contributed by atoms with E-state index in [1.54, 1.807) is 26.4 Å². The third kappa shape index (κ3) is 3.64. The molecule has 1 aromatic carbocycles. The summed E-state index contributed by atoms with van der Waals surface area (Å²) in [5.74, 6) is -0.904. The van der Waals surface area contributed by atoms with Gasteiger partial charge in [-0.25, -0.2) is 4.79 Å². The first-order valence-corrected chi connectivity index (χ1v) is 5.05. The summed E-state index contributed by atoms with van der Waals surface area (Å²) in [6, 6.07) is 6.83. The highest BCUT2D eigenvalue weighted by Gasteiger charge is 2.06. The number of hydrogen-bond acceptors (Lipinski definition) is 3. The third-order valence-electron chi connectivity index (χ3n) is 2.40. The number of carbonyl (C=O) groups is 1. The van der Waals surface area contributed by atoms with E-state index in [0.717, 1.165) is 18.4 Å². The zero-order chi connectivity index (χ0) is 12.0. The summed E-state index contributed by atoms with van der Waals surface area (Å²) in [5.41, 5.74) is 1.38. The lowest BCUT2D eigenvalue weighted by Gasteiger charge is -2.12.